The molecule has 3 heterocycles. The molecule has 67 heavy (non-hydrogen) atoms. The number of hydrogen-bond acceptors (Lipinski definition) is 6. The summed E-state index contributed by atoms with van der Waals surface area (Å²) < 4.78 is 23.8. The van der Waals surface area contributed by atoms with Crippen LogP contribution in [0.1, 0.15) is 143 Å². The Bertz CT molecular complexity index is 2450. The SMILES string of the molecule is CCCCCCCC[Si]1(CCCCCCCC)C2=C(C=CC(Nc3cccc(C)c3)(c3ccc(C4OCCO4)cc3)C2)c2ccc(N(c3ccc(C4OCCO4)cc3)c3cccc(C)c3)cc21. The highest BCUT2D eigenvalue weighted by Crippen LogP contribution is 2.51. The molecule has 0 saturated carbocycles. The molecular weight excluding hydrogens is 841 g/mol. The lowest BCUT2D eigenvalue weighted by molar-refractivity contribution is -0.0443. The van der Waals surface area contributed by atoms with Gasteiger partial charge in [0.05, 0.1) is 32.0 Å². The Morgan fingerprint density at radius 2 is 1.10 bits per heavy atom. The molecule has 1 N–H and O–H groups in total. The molecule has 1 unspecified atom stereocenters. The maximum Gasteiger partial charge on any atom is 0.184 e. The first-order valence-corrected chi connectivity index (χ1v) is 28.3. The minimum Gasteiger partial charge on any atom is -0.372 e. The standard InChI is InChI=1S/C60H74N2O4Si/c1-5-7-9-11-13-15-39-67(40-16-14-12-10-8-6-2)56-43-53(62(52-22-18-20-46(4)42-52)51-29-25-48(26-30-51)59-65-37-38-66-59)31-32-54(56)55-33-34-60(44-57(55)67,61-50-21-17-19-45(3)41-50)49-27-23-47(24-28-49)58-63-35-36-64-58/h17-34,41-43,58-59,61H,5-16,35-40,44H2,1-4H3. The Morgan fingerprint density at radius 1 is 0.567 bits per heavy atom. The number of allylic oxidation sites excluding steroid dienone is 2. The van der Waals surface area contributed by atoms with Gasteiger partial charge in [-0.15, -0.1) is 0 Å². The van der Waals surface area contributed by atoms with Crippen LogP contribution in [0.25, 0.3) is 5.57 Å². The zero-order chi connectivity index (χ0) is 46.1. The van der Waals surface area contributed by atoms with Crippen molar-refractivity contribution in [3.8, 4) is 0 Å². The number of nitrogens with zero attached hydrogens (tertiary/aromatic N) is 1. The lowest BCUT2D eigenvalue weighted by atomic mass is 9.80. The van der Waals surface area contributed by atoms with E-state index in [1.54, 1.807) is 10.4 Å². The largest absolute Gasteiger partial charge is 0.372 e. The van der Waals surface area contributed by atoms with Gasteiger partial charge in [-0.3, -0.25) is 0 Å². The van der Waals surface area contributed by atoms with Crippen molar-refractivity contribution in [2.45, 2.75) is 141 Å². The molecule has 2 fully saturated rings. The quantitative estimate of drug-likeness (QED) is 0.0551. The minimum absolute atomic E-state index is 0.299. The maximum atomic E-state index is 5.96. The van der Waals surface area contributed by atoms with Crippen molar-refractivity contribution in [2.75, 3.05) is 36.6 Å². The summed E-state index contributed by atoms with van der Waals surface area (Å²) in [7, 11) is -2.36. The minimum atomic E-state index is -2.36. The van der Waals surface area contributed by atoms with E-state index < -0.39 is 13.6 Å². The van der Waals surface area contributed by atoms with Crippen LogP contribution < -0.4 is 15.4 Å². The van der Waals surface area contributed by atoms with Gasteiger partial charge < -0.3 is 29.2 Å². The summed E-state index contributed by atoms with van der Waals surface area (Å²) in [6.45, 7) is 11.6. The van der Waals surface area contributed by atoms with Gasteiger partial charge in [0.15, 0.2) is 12.6 Å². The number of aryl methyl sites for hydroxylation is 2. The van der Waals surface area contributed by atoms with E-state index in [-0.39, 0.29) is 12.6 Å². The summed E-state index contributed by atoms with van der Waals surface area (Å²) in [6, 6.07) is 46.1. The number of unbranched alkanes of at least 4 members (excludes halogenated alkanes) is 10. The van der Waals surface area contributed by atoms with E-state index in [1.807, 2.05) is 0 Å². The first-order valence-electron chi connectivity index (χ1n) is 25.9. The van der Waals surface area contributed by atoms with Crippen molar-refractivity contribution in [1.29, 1.82) is 0 Å². The molecule has 1 aliphatic carbocycles. The third-order valence-electron chi connectivity index (χ3n) is 14.9. The molecule has 9 rings (SSSR count). The molecule has 4 aliphatic rings. The van der Waals surface area contributed by atoms with E-state index >= 15 is 0 Å². The van der Waals surface area contributed by atoms with Crippen molar-refractivity contribution in [3.05, 3.63) is 166 Å². The molecule has 0 spiro atoms. The molecule has 352 valence electrons. The van der Waals surface area contributed by atoms with Gasteiger partial charge in [0.1, 0.15) is 8.07 Å². The molecule has 0 bridgehead atoms. The van der Waals surface area contributed by atoms with E-state index in [0.29, 0.717) is 26.4 Å². The van der Waals surface area contributed by atoms with Gasteiger partial charge in [0, 0.05) is 33.9 Å². The van der Waals surface area contributed by atoms with Crippen molar-refractivity contribution >= 4 is 41.6 Å². The molecule has 5 aromatic carbocycles. The highest BCUT2D eigenvalue weighted by molar-refractivity contribution is 7.00. The molecular formula is C60H74N2O4Si. The molecule has 0 aromatic heterocycles. The van der Waals surface area contributed by atoms with Crippen LogP contribution in [-0.2, 0) is 24.5 Å². The topological polar surface area (TPSA) is 52.2 Å². The number of ether oxygens (including phenoxy) is 4. The second-order valence-electron chi connectivity index (χ2n) is 19.8. The van der Waals surface area contributed by atoms with Crippen LogP contribution in [0.3, 0.4) is 0 Å². The van der Waals surface area contributed by atoms with Gasteiger partial charge in [0.25, 0.3) is 0 Å². The van der Waals surface area contributed by atoms with Crippen molar-refractivity contribution in [3.63, 3.8) is 0 Å². The van der Waals surface area contributed by atoms with E-state index in [0.717, 1.165) is 28.9 Å². The van der Waals surface area contributed by atoms with E-state index in [4.69, 9.17) is 18.9 Å². The van der Waals surface area contributed by atoms with Gasteiger partial charge >= 0.3 is 0 Å². The molecule has 0 amide bonds. The molecule has 2 saturated heterocycles. The summed E-state index contributed by atoms with van der Waals surface area (Å²) in [4.78, 5) is 2.48. The van der Waals surface area contributed by atoms with Crippen LogP contribution in [0, 0.1) is 13.8 Å². The highest BCUT2D eigenvalue weighted by Gasteiger charge is 2.50. The van der Waals surface area contributed by atoms with E-state index in [1.165, 1.54) is 128 Å². The first-order chi connectivity index (χ1) is 32.9. The maximum absolute atomic E-state index is 5.96. The average Bonchev–Trinajstić information content (AvgIpc) is 4.14. The predicted molar refractivity (Wildman–Crippen MR) is 281 cm³/mol. The van der Waals surface area contributed by atoms with Gasteiger partial charge in [-0.2, -0.15) is 0 Å². The lowest BCUT2D eigenvalue weighted by Crippen LogP contribution is -2.50. The molecule has 1 atom stereocenters. The van der Waals surface area contributed by atoms with E-state index in [2.05, 4.69) is 165 Å². The lowest BCUT2D eigenvalue weighted by Gasteiger charge is -2.42. The Balaban J connectivity index is 1.16. The Labute approximate surface area is 402 Å². The van der Waals surface area contributed by atoms with Crippen LogP contribution in [-0.4, -0.2) is 34.5 Å². The predicted octanol–water partition coefficient (Wildman–Crippen LogP) is 15.5. The summed E-state index contributed by atoms with van der Waals surface area (Å²) in [5.74, 6) is 0. The normalized spacial score (nSPS) is 19.0. The third-order valence-corrected chi connectivity index (χ3v) is 20.3. The highest BCUT2D eigenvalue weighted by atomic mass is 28.3. The number of nitrogens with one attached hydrogen (secondary N) is 1. The first kappa shape index (κ1) is 47.3. The molecule has 5 aromatic rings. The summed E-state index contributed by atoms with van der Waals surface area (Å²) in [5.41, 5.74) is 13.1. The van der Waals surface area contributed by atoms with Crippen molar-refractivity contribution in [2.24, 2.45) is 0 Å². The zero-order valence-corrected chi connectivity index (χ0v) is 41.8. The van der Waals surface area contributed by atoms with Gasteiger partial charge in [-0.25, -0.2) is 0 Å². The average molecular weight is 915 g/mol. The van der Waals surface area contributed by atoms with Crippen LogP contribution >= 0.6 is 0 Å². The Morgan fingerprint density at radius 3 is 1.70 bits per heavy atom. The fourth-order valence-corrected chi connectivity index (χ4v) is 17.3. The van der Waals surface area contributed by atoms with Crippen LogP contribution in [0.2, 0.25) is 12.1 Å². The number of benzene rings is 5. The monoisotopic (exact) mass is 915 g/mol. The summed E-state index contributed by atoms with van der Waals surface area (Å²) in [6.07, 6.45) is 21.0. The second-order valence-corrected chi connectivity index (χ2v) is 24.1. The smallest absolute Gasteiger partial charge is 0.184 e. The van der Waals surface area contributed by atoms with Gasteiger partial charge in [-0.05, 0) is 114 Å². The summed E-state index contributed by atoms with van der Waals surface area (Å²) >= 11 is 0. The van der Waals surface area contributed by atoms with Crippen LogP contribution in [0.4, 0.5) is 22.7 Å². The molecule has 0 radical (unpaired) electrons. The molecule has 6 nitrogen and oxygen atoms in total. The van der Waals surface area contributed by atoms with Crippen molar-refractivity contribution in [1.82, 2.24) is 0 Å². The Kier molecular flexibility index (Phi) is 15.6. The van der Waals surface area contributed by atoms with Gasteiger partial charge in [-0.1, -0.05) is 175 Å². The number of hydrogen-bond donors (Lipinski definition) is 1. The molecule has 7 heteroatoms. The van der Waals surface area contributed by atoms with Crippen LogP contribution in [0.5, 0.6) is 0 Å². The fourth-order valence-electron chi connectivity index (χ4n) is 11.4. The third kappa shape index (κ3) is 10.6. The van der Waals surface area contributed by atoms with E-state index in [9.17, 15) is 0 Å². The van der Waals surface area contributed by atoms with Crippen molar-refractivity contribution < 1.29 is 18.9 Å². The number of anilines is 4. The molecule has 3 aliphatic heterocycles. The Hall–Kier alpha value is -4.76. The number of fused-ring (bicyclic) bond motifs is 2. The fraction of sp³-hybridized carbons (Fsp3) is 0.433. The zero-order valence-electron chi connectivity index (χ0n) is 40.8. The number of rotatable bonds is 22. The summed E-state index contributed by atoms with van der Waals surface area (Å²) in [5, 5.41) is 7.59. The second kappa shape index (κ2) is 22.1. The van der Waals surface area contributed by atoms with Crippen LogP contribution in [0.15, 0.2) is 133 Å². The van der Waals surface area contributed by atoms with Gasteiger partial charge in [0.2, 0.25) is 0 Å².